The van der Waals surface area contributed by atoms with Gasteiger partial charge >= 0.3 is 0 Å². The molecule has 82 valence electrons. The van der Waals surface area contributed by atoms with Crippen LogP contribution < -0.4 is 5.73 Å². The Morgan fingerprint density at radius 2 is 2.20 bits per heavy atom. The fourth-order valence-corrected chi connectivity index (χ4v) is 1.99. The van der Waals surface area contributed by atoms with Crippen molar-refractivity contribution in [3.05, 3.63) is 35.4 Å². The second-order valence-corrected chi connectivity index (χ2v) is 4.74. The molecule has 1 fully saturated rings. The summed E-state index contributed by atoms with van der Waals surface area (Å²) < 4.78 is 0. The summed E-state index contributed by atoms with van der Waals surface area (Å²) in [5, 5.41) is 0. The average molecular weight is 203 g/mol. The summed E-state index contributed by atoms with van der Waals surface area (Å²) in [5.41, 5.74) is 8.79. The highest BCUT2D eigenvalue weighted by molar-refractivity contribution is 5.26. The van der Waals surface area contributed by atoms with Crippen LogP contribution in [-0.4, -0.2) is 0 Å². The topological polar surface area (TPSA) is 26.0 Å². The lowest BCUT2D eigenvalue weighted by Crippen LogP contribution is -2.08. The van der Waals surface area contributed by atoms with Crippen LogP contribution in [0.25, 0.3) is 0 Å². The SMILES string of the molecule is CCC(N)c1cccc(CCC2CC2)c1. The van der Waals surface area contributed by atoms with E-state index in [-0.39, 0.29) is 6.04 Å². The Morgan fingerprint density at radius 1 is 1.40 bits per heavy atom. The summed E-state index contributed by atoms with van der Waals surface area (Å²) in [6, 6.07) is 9.03. The minimum atomic E-state index is 0.214. The molecule has 1 aromatic carbocycles. The predicted octanol–water partition coefficient (Wildman–Crippen LogP) is 3.44. The summed E-state index contributed by atoms with van der Waals surface area (Å²) >= 11 is 0. The molecule has 0 amide bonds. The summed E-state index contributed by atoms with van der Waals surface area (Å²) in [7, 11) is 0. The zero-order valence-corrected chi connectivity index (χ0v) is 9.58. The molecule has 0 bridgehead atoms. The van der Waals surface area contributed by atoms with Gasteiger partial charge in [-0.05, 0) is 36.3 Å². The lowest BCUT2D eigenvalue weighted by atomic mass is 10.00. The first-order valence-corrected chi connectivity index (χ1v) is 6.14. The zero-order chi connectivity index (χ0) is 10.7. The van der Waals surface area contributed by atoms with Crippen LogP contribution in [0.15, 0.2) is 24.3 Å². The van der Waals surface area contributed by atoms with E-state index in [0.717, 1.165) is 12.3 Å². The van der Waals surface area contributed by atoms with Gasteiger partial charge in [0.15, 0.2) is 0 Å². The van der Waals surface area contributed by atoms with Gasteiger partial charge in [0.25, 0.3) is 0 Å². The summed E-state index contributed by atoms with van der Waals surface area (Å²) in [6.07, 6.45) is 6.52. The highest BCUT2D eigenvalue weighted by Crippen LogP contribution is 2.33. The third-order valence-corrected chi connectivity index (χ3v) is 3.36. The van der Waals surface area contributed by atoms with Crippen LogP contribution >= 0.6 is 0 Å². The van der Waals surface area contributed by atoms with Crippen molar-refractivity contribution in [1.29, 1.82) is 0 Å². The molecule has 0 radical (unpaired) electrons. The summed E-state index contributed by atoms with van der Waals surface area (Å²) in [6.45, 7) is 2.14. The maximum Gasteiger partial charge on any atom is 0.0292 e. The van der Waals surface area contributed by atoms with E-state index in [1.807, 2.05) is 0 Å². The van der Waals surface area contributed by atoms with E-state index in [0.29, 0.717) is 0 Å². The van der Waals surface area contributed by atoms with Crippen molar-refractivity contribution in [2.45, 2.75) is 45.1 Å². The Bertz CT molecular complexity index is 315. The van der Waals surface area contributed by atoms with Crippen molar-refractivity contribution >= 4 is 0 Å². The molecule has 1 aromatic rings. The lowest BCUT2D eigenvalue weighted by molar-refractivity contribution is 0.692. The predicted molar refractivity (Wildman–Crippen MR) is 64.7 cm³/mol. The molecule has 1 unspecified atom stereocenters. The Balaban J connectivity index is 1.97. The molecule has 0 aliphatic heterocycles. The van der Waals surface area contributed by atoms with Crippen LogP contribution in [0.4, 0.5) is 0 Å². The Labute approximate surface area is 92.7 Å². The van der Waals surface area contributed by atoms with Gasteiger partial charge in [-0.25, -0.2) is 0 Å². The number of hydrogen-bond donors (Lipinski definition) is 1. The van der Waals surface area contributed by atoms with Crippen molar-refractivity contribution in [2.75, 3.05) is 0 Å². The van der Waals surface area contributed by atoms with Gasteiger partial charge < -0.3 is 5.73 Å². The quantitative estimate of drug-likeness (QED) is 0.779. The van der Waals surface area contributed by atoms with Crippen LogP contribution in [0, 0.1) is 5.92 Å². The van der Waals surface area contributed by atoms with Crippen LogP contribution in [0.1, 0.15) is 49.8 Å². The molecule has 0 spiro atoms. The third kappa shape index (κ3) is 3.07. The van der Waals surface area contributed by atoms with Crippen molar-refractivity contribution in [3.63, 3.8) is 0 Å². The number of aryl methyl sites for hydroxylation is 1. The van der Waals surface area contributed by atoms with E-state index in [2.05, 4.69) is 31.2 Å². The molecular weight excluding hydrogens is 182 g/mol. The number of hydrogen-bond acceptors (Lipinski definition) is 1. The van der Waals surface area contributed by atoms with Crippen LogP contribution in [0.5, 0.6) is 0 Å². The van der Waals surface area contributed by atoms with Crippen molar-refractivity contribution in [2.24, 2.45) is 11.7 Å². The standard InChI is InChI=1S/C14H21N/c1-2-14(15)13-5-3-4-12(10-13)9-8-11-6-7-11/h3-5,10-11,14H,2,6-9,15H2,1H3. The van der Waals surface area contributed by atoms with Crippen molar-refractivity contribution < 1.29 is 0 Å². The maximum atomic E-state index is 6.03. The van der Waals surface area contributed by atoms with Gasteiger partial charge in [-0.15, -0.1) is 0 Å². The first kappa shape index (κ1) is 10.7. The molecule has 1 aliphatic rings. The average Bonchev–Trinajstić information content (AvgIpc) is 3.09. The molecular formula is C14H21N. The monoisotopic (exact) mass is 203 g/mol. The number of benzene rings is 1. The highest BCUT2D eigenvalue weighted by Gasteiger charge is 2.20. The van der Waals surface area contributed by atoms with E-state index in [9.17, 15) is 0 Å². The third-order valence-electron chi connectivity index (χ3n) is 3.36. The maximum absolute atomic E-state index is 6.03. The second-order valence-electron chi connectivity index (χ2n) is 4.74. The zero-order valence-electron chi connectivity index (χ0n) is 9.58. The Kier molecular flexibility index (Phi) is 3.42. The Morgan fingerprint density at radius 3 is 2.87 bits per heavy atom. The van der Waals surface area contributed by atoms with Crippen LogP contribution in [-0.2, 0) is 6.42 Å². The van der Waals surface area contributed by atoms with Gasteiger partial charge in [0.1, 0.15) is 0 Å². The first-order chi connectivity index (χ1) is 7.29. The fraction of sp³-hybridized carbons (Fsp3) is 0.571. The van der Waals surface area contributed by atoms with E-state index in [4.69, 9.17) is 5.73 Å². The lowest BCUT2D eigenvalue weighted by Gasteiger charge is -2.10. The van der Waals surface area contributed by atoms with E-state index < -0.39 is 0 Å². The molecule has 0 heterocycles. The second kappa shape index (κ2) is 4.80. The first-order valence-electron chi connectivity index (χ1n) is 6.14. The fourth-order valence-electron chi connectivity index (χ4n) is 1.99. The van der Waals surface area contributed by atoms with Crippen molar-refractivity contribution in [3.8, 4) is 0 Å². The van der Waals surface area contributed by atoms with E-state index in [1.54, 1.807) is 0 Å². The molecule has 1 atom stereocenters. The Hall–Kier alpha value is -0.820. The number of nitrogens with two attached hydrogens (primary N) is 1. The minimum absolute atomic E-state index is 0.214. The largest absolute Gasteiger partial charge is 0.324 e. The molecule has 0 aromatic heterocycles. The number of rotatable bonds is 5. The molecule has 15 heavy (non-hydrogen) atoms. The van der Waals surface area contributed by atoms with Crippen LogP contribution in [0.3, 0.4) is 0 Å². The highest BCUT2D eigenvalue weighted by atomic mass is 14.6. The van der Waals surface area contributed by atoms with Gasteiger partial charge in [-0.3, -0.25) is 0 Å². The van der Waals surface area contributed by atoms with Gasteiger partial charge in [0.2, 0.25) is 0 Å². The summed E-state index contributed by atoms with van der Waals surface area (Å²) in [5.74, 6) is 1.02. The molecule has 1 aliphatic carbocycles. The molecule has 1 nitrogen and oxygen atoms in total. The molecule has 1 saturated carbocycles. The van der Waals surface area contributed by atoms with E-state index in [1.165, 1.54) is 36.8 Å². The molecule has 0 saturated heterocycles. The van der Waals surface area contributed by atoms with Gasteiger partial charge in [-0.1, -0.05) is 44.0 Å². The molecule has 1 heteroatoms. The molecule has 2 rings (SSSR count). The minimum Gasteiger partial charge on any atom is -0.324 e. The smallest absolute Gasteiger partial charge is 0.0292 e. The van der Waals surface area contributed by atoms with Gasteiger partial charge in [0, 0.05) is 6.04 Å². The van der Waals surface area contributed by atoms with E-state index >= 15 is 0 Å². The van der Waals surface area contributed by atoms with Gasteiger partial charge in [0.05, 0.1) is 0 Å². The van der Waals surface area contributed by atoms with Gasteiger partial charge in [-0.2, -0.15) is 0 Å². The van der Waals surface area contributed by atoms with Crippen molar-refractivity contribution in [1.82, 2.24) is 0 Å². The molecule has 2 N–H and O–H groups in total. The summed E-state index contributed by atoms with van der Waals surface area (Å²) in [4.78, 5) is 0. The van der Waals surface area contributed by atoms with Crippen LogP contribution in [0.2, 0.25) is 0 Å². The normalized spacial score (nSPS) is 17.7.